The second kappa shape index (κ2) is 3.66. The largest absolute Gasteiger partial charge is 0.229 e. The molecule has 0 N–H and O–H groups in total. The van der Waals surface area contributed by atoms with Gasteiger partial charge < -0.3 is 0 Å². The van der Waals surface area contributed by atoms with E-state index in [0.717, 1.165) is 16.3 Å². The van der Waals surface area contributed by atoms with Gasteiger partial charge >= 0.3 is 0 Å². The van der Waals surface area contributed by atoms with Crippen molar-refractivity contribution < 1.29 is 8.42 Å². The first-order chi connectivity index (χ1) is 7.04. The molecule has 2 rings (SSSR count). The van der Waals surface area contributed by atoms with Crippen LogP contribution in [-0.4, -0.2) is 14.7 Å². The van der Waals surface area contributed by atoms with Crippen LogP contribution in [0.25, 0.3) is 10.8 Å². The molecule has 0 amide bonds. The SMILES string of the molecule is CS(=O)(=O)Cc1ccc2ccccc2c1. The summed E-state index contributed by atoms with van der Waals surface area (Å²) in [6.45, 7) is 0. The fourth-order valence-electron chi connectivity index (χ4n) is 1.63. The molecule has 0 bridgehead atoms. The summed E-state index contributed by atoms with van der Waals surface area (Å²) in [6.07, 6.45) is 1.25. The summed E-state index contributed by atoms with van der Waals surface area (Å²) in [6, 6.07) is 13.7. The highest BCUT2D eigenvalue weighted by Gasteiger charge is 2.04. The van der Waals surface area contributed by atoms with Gasteiger partial charge in [-0.05, 0) is 16.3 Å². The Hall–Kier alpha value is -1.35. The topological polar surface area (TPSA) is 34.1 Å². The number of sulfone groups is 1. The highest BCUT2D eigenvalue weighted by atomic mass is 32.2. The van der Waals surface area contributed by atoms with Crippen LogP contribution in [0.5, 0.6) is 0 Å². The molecule has 0 aliphatic rings. The van der Waals surface area contributed by atoms with Gasteiger partial charge in [0.05, 0.1) is 5.75 Å². The van der Waals surface area contributed by atoms with Crippen molar-refractivity contribution in [3.8, 4) is 0 Å². The van der Waals surface area contributed by atoms with E-state index in [9.17, 15) is 8.42 Å². The van der Waals surface area contributed by atoms with E-state index in [1.54, 1.807) is 0 Å². The Morgan fingerprint density at radius 2 is 1.67 bits per heavy atom. The molecule has 2 aromatic carbocycles. The van der Waals surface area contributed by atoms with Crippen molar-refractivity contribution in [2.45, 2.75) is 5.75 Å². The number of hydrogen-bond donors (Lipinski definition) is 0. The fraction of sp³-hybridized carbons (Fsp3) is 0.167. The van der Waals surface area contributed by atoms with Crippen molar-refractivity contribution in [1.82, 2.24) is 0 Å². The smallest absolute Gasteiger partial charge is 0.151 e. The quantitative estimate of drug-likeness (QED) is 0.778. The molecule has 2 aromatic rings. The molecule has 0 aliphatic carbocycles. The Bertz CT molecular complexity index is 585. The number of benzene rings is 2. The molecule has 0 atom stereocenters. The third-order valence-corrected chi connectivity index (χ3v) is 3.10. The molecule has 0 saturated heterocycles. The lowest BCUT2D eigenvalue weighted by Crippen LogP contribution is -2.00. The van der Waals surface area contributed by atoms with Crippen LogP contribution in [-0.2, 0) is 15.6 Å². The van der Waals surface area contributed by atoms with Crippen LogP contribution in [0.15, 0.2) is 42.5 Å². The number of hydrogen-bond acceptors (Lipinski definition) is 2. The third kappa shape index (κ3) is 2.57. The van der Waals surface area contributed by atoms with Gasteiger partial charge in [0.2, 0.25) is 0 Å². The minimum absolute atomic E-state index is 0.109. The van der Waals surface area contributed by atoms with E-state index >= 15 is 0 Å². The molecule has 0 unspecified atom stereocenters. The van der Waals surface area contributed by atoms with Crippen LogP contribution in [0, 0.1) is 0 Å². The normalized spacial score (nSPS) is 11.8. The first kappa shape index (κ1) is 10.2. The van der Waals surface area contributed by atoms with Crippen molar-refractivity contribution in [2.24, 2.45) is 0 Å². The molecule has 78 valence electrons. The van der Waals surface area contributed by atoms with Gasteiger partial charge in [-0.15, -0.1) is 0 Å². The number of fused-ring (bicyclic) bond motifs is 1. The van der Waals surface area contributed by atoms with E-state index < -0.39 is 9.84 Å². The molecule has 0 radical (unpaired) electrons. The third-order valence-electron chi connectivity index (χ3n) is 2.24. The van der Waals surface area contributed by atoms with Crippen molar-refractivity contribution in [2.75, 3.05) is 6.26 Å². The molecule has 3 heteroatoms. The second-order valence-electron chi connectivity index (χ2n) is 3.75. The molecule has 15 heavy (non-hydrogen) atoms. The summed E-state index contributed by atoms with van der Waals surface area (Å²) in [4.78, 5) is 0. The predicted octanol–water partition coefficient (Wildman–Crippen LogP) is 2.38. The Kier molecular flexibility index (Phi) is 2.49. The standard InChI is InChI=1S/C12H12O2S/c1-15(13,14)9-10-6-7-11-4-2-3-5-12(11)8-10/h2-8H,9H2,1H3. The zero-order valence-electron chi connectivity index (χ0n) is 8.47. The van der Waals surface area contributed by atoms with Gasteiger partial charge in [0.15, 0.2) is 9.84 Å². The Balaban J connectivity index is 2.48. The molecular formula is C12H12O2S. The van der Waals surface area contributed by atoms with Crippen LogP contribution in [0.4, 0.5) is 0 Å². The lowest BCUT2D eigenvalue weighted by atomic mass is 10.1. The van der Waals surface area contributed by atoms with Crippen LogP contribution in [0.2, 0.25) is 0 Å². The van der Waals surface area contributed by atoms with Gasteiger partial charge in [-0.1, -0.05) is 42.5 Å². The average molecular weight is 220 g/mol. The van der Waals surface area contributed by atoms with E-state index in [4.69, 9.17) is 0 Å². The zero-order chi connectivity index (χ0) is 10.9. The zero-order valence-corrected chi connectivity index (χ0v) is 9.29. The number of rotatable bonds is 2. The minimum atomic E-state index is -2.95. The second-order valence-corrected chi connectivity index (χ2v) is 5.89. The summed E-state index contributed by atoms with van der Waals surface area (Å²) in [5.41, 5.74) is 0.844. The van der Waals surface area contributed by atoms with Crippen LogP contribution >= 0.6 is 0 Å². The van der Waals surface area contributed by atoms with Crippen molar-refractivity contribution >= 4 is 20.6 Å². The lowest BCUT2D eigenvalue weighted by Gasteiger charge is -2.02. The van der Waals surface area contributed by atoms with Crippen LogP contribution in [0.1, 0.15) is 5.56 Å². The highest BCUT2D eigenvalue weighted by Crippen LogP contribution is 2.16. The average Bonchev–Trinajstić information content (AvgIpc) is 2.15. The Morgan fingerprint density at radius 3 is 2.33 bits per heavy atom. The molecule has 0 fully saturated rings. The van der Waals surface area contributed by atoms with Gasteiger partial charge in [-0.2, -0.15) is 0 Å². The molecule has 0 aromatic heterocycles. The van der Waals surface area contributed by atoms with Gasteiger partial charge in [-0.25, -0.2) is 8.42 Å². The summed E-state index contributed by atoms with van der Waals surface area (Å²) in [7, 11) is -2.95. The van der Waals surface area contributed by atoms with Gasteiger partial charge in [0, 0.05) is 6.26 Å². The molecule has 0 heterocycles. The van der Waals surface area contributed by atoms with E-state index in [1.165, 1.54) is 6.26 Å². The van der Waals surface area contributed by atoms with Crippen molar-refractivity contribution in [3.05, 3.63) is 48.0 Å². The Morgan fingerprint density at radius 1 is 1.00 bits per heavy atom. The molecular weight excluding hydrogens is 208 g/mol. The van der Waals surface area contributed by atoms with Crippen molar-refractivity contribution in [3.63, 3.8) is 0 Å². The van der Waals surface area contributed by atoms with Gasteiger partial charge in [-0.3, -0.25) is 0 Å². The van der Waals surface area contributed by atoms with Crippen LogP contribution in [0.3, 0.4) is 0 Å². The fourth-order valence-corrected chi connectivity index (χ4v) is 2.42. The predicted molar refractivity (Wildman–Crippen MR) is 62.5 cm³/mol. The lowest BCUT2D eigenvalue weighted by molar-refractivity contribution is 0.601. The Labute approximate surface area is 89.5 Å². The molecule has 0 aliphatic heterocycles. The first-order valence-electron chi connectivity index (χ1n) is 4.70. The molecule has 2 nitrogen and oxygen atoms in total. The maximum absolute atomic E-state index is 11.1. The summed E-state index contributed by atoms with van der Waals surface area (Å²) in [5, 5.41) is 2.22. The summed E-state index contributed by atoms with van der Waals surface area (Å²) in [5.74, 6) is 0.109. The molecule has 0 saturated carbocycles. The van der Waals surface area contributed by atoms with E-state index in [-0.39, 0.29) is 5.75 Å². The summed E-state index contributed by atoms with van der Waals surface area (Å²) >= 11 is 0. The maximum Gasteiger partial charge on any atom is 0.151 e. The van der Waals surface area contributed by atoms with Gasteiger partial charge in [0.1, 0.15) is 0 Å². The maximum atomic E-state index is 11.1. The highest BCUT2D eigenvalue weighted by molar-refractivity contribution is 7.89. The van der Waals surface area contributed by atoms with E-state index in [0.29, 0.717) is 0 Å². The van der Waals surface area contributed by atoms with E-state index in [2.05, 4.69) is 0 Å². The minimum Gasteiger partial charge on any atom is -0.229 e. The monoisotopic (exact) mass is 220 g/mol. The van der Waals surface area contributed by atoms with Crippen LogP contribution < -0.4 is 0 Å². The van der Waals surface area contributed by atoms with Crippen molar-refractivity contribution in [1.29, 1.82) is 0 Å². The van der Waals surface area contributed by atoms with E-state index in [1.807, 2.05) is 42.5 Å². The molecule has 0 spiro atoms. The van der Waals surface area contributed by atoms with Gasteiger partial charge in [0.25, 0.3) is 0 Å². The first-order valence-corrected chi connectivity index (χ1v) is 6.76. The summed E-state index contributed by atoms with van der Waals surface area (Å²) < 4.78 is 22.3.